The van der Waals surface area contributed by atoms with Gasteiger partial charge in [-0.3, -0.25) is 4.67 Å². The minimum Gasteiger partial charge on any atom is -0.511 e. The minimum atomic E-state index is 0.0537. The summed E-state index contributed by atoms with van der Waals surface area (Å²) < 4.78 is 2.13. The Labute approximate surface area is 76.8 Å². The zero-order valence-electron chi connectivity index (χ0n) is 6.90. The van der Waals surface area contributed by atoms with Crippen molar-refractivity contribution in [2.75, 3.05) is 13.2 Å². The molecule has 12 heavy (non-hydrogen) atoms. The summed E-state index contributed by atoms with van der Waals surface area (Å²) in [6, 6.07) is 0.0537. The van der Waals surface area contributed by atoms with Gasteiger partial charge >= 0.3 is 0 Å². The Balaban J connectivity index is 2.56. The van der Waals surface area contributed by atoms with E-state index in [0.717, 1.165) is 13.0 Å². The molecule has 1 saturated heterocycles. The summed E-state index contributed by atoms with van der Waals surface area (Å²) in [5, 5.41) is 18.2. The van der Waals surface area contributed by atoms with E-state index < -0.39 is 0 Å². The minimum absolute atomic E-state index is 0.0537. The van der Waals surface area contributed by atoms with Gasteiger partial charge in [-0.2, -0.15) is 0 Å². The average Bonchev–Trinajstić information content (AvgIpc) is 2.47. The molecule has 1 aliphatic rings. The van der Waals surface area contributed by atoms with Gasteiger partial charge in [0.25, 0.3) is 0 Å². The highest BCUT2D eigenvalue weighted by atomic mass is 32.0. The van der Waals surface area contributed by atoms with Gasteiger partial charge in [-0.25, -0.2) is 0 Å². The van der Waals surface area contributed by atoms with E-state index in [9.17, 15) is 5.11 Å². The van der Waals surface area contributed by atoms with Gasteiger partial charge in [0, 0.05) is 13.2 Å². The van der Waals surface area contributed by atoms with E-state index >= 15 is 0 Å². The summed E-state index contributed by atoms with van der Waals surface area (Å²) in [6.45, 7) is 4.60. The van der Waals surface area contributed by atoms with Gasteiger partial charge in [-0.1, -0.05) is 15.5 Å². The fourth-order valence-electron chi connectivity index (χ4n) is 1.51. The summed E-state index contributed by atoms with van der Waals surface area (Å²) in [7, 11) is 3.24. The lowest BCUT2D eigenvalue weighted by Crippen LogP contribution is -2.21. The molecule has 5 heteroatoms. The molecule has 0 aliphatic carbocycles. The molecule has 1 rings (SSSR count). The van der Waals surface area contributed by atoms with Gasteiger partial charge in [0.2, 0.25) is 0 Å². The third kappa shape index (κ3) is 2.17. The molecule has 4 unspecified atom stereocenters. The van der Waals surface area contributed by atoms with Crippen LogP contribution in [0.25, 0.3) is 0 Å². The molecule has 0 aromatic rings. The van der Waals surface area contributed by atoms with Crippen molar-refractivity contribution in [1.29, 1.82) is 0 Å². The lowest BCUT2D eigenvalue weighted by atomic mass is 10.1. The van der Waals surface area contributed by atoms with Gasteiger partial charge in [-0.15, -0.1) is 0 Å². The molecule has 2 N–H and O–H groups in total. The molecule has 0 amide bonds. The van der Waals surface area contributed by atoms with Crippen LogP contribution >= 0.6 is 17.3 Å². The molecule has 0 aromatic carbocycles. The van der Waals surface area contributed by atoms with E-state index in [-0.39, 0.29) is 18.4 Å². The van der Waals surface area contributed by atoms with Crippen molar-refractivity contribution in [3.8, 4) is 0 Å². The molecule has 0 saturated carbocycles. The quantitative estimate of drug-likeness (QED) is 0.538. The molecule has 1 heterocycles. The fourth-order valence-corrected chi connectivity index (χ4v) is 3.17. The third-order valence-electron chi connectivity index (χ3n) is 2.20. The van der Waals surface area contributed by atoms with Crippen LogP contribution < -0.4 is 0 Å². The molecule has 0 spiro atoms. The van der Waals surface area contributed by atoms with Crippen molar-refractivity contribution >= 4 is 17.3 Å². The molecule has 1 fully saturated rings. The normalized spacial score (nSPS) is 31.8. The van der Waals surface area contributed by atoms with E-state index in [1.165, 1.54) is 0 Å². The van der Waals surface area contributed by atoms with E-state index in [2.05, 4.69) is 20.2 Å². The zero-order valence-corrected chi connectivity index (χ0v) is 9.06. The van der Waals surface area contributed by atoms with Gasteiger partial charge in [0.05, 0.1) is 6.04 Å². The van der Waals surface area contributed by atoms with Crippen LogP contribution in [0.1, 0.15) is 6.42 Å². The average molecular weight is 207 g/mol. The molecule has 3 nitrogen and oxygen atoms in total. The molecular weight excluding hydrogens is 192 g/mol. The maximum absolute atomic E-state index is 9.24. The van der Waals surface area contributed by atoms with Crippen LogP contribution in [-0.2, 0) is 0 Å². The zero-order chi connectivity index (χ0) is 9.14. The van der Waals surface area contributed by atoms with E-state index in [1.807, 2.05) is 0 Å². The second-order valence-corrected chi connectivity index (χ2v) is 4.68. The van der Waals surface area contributed by atoms with Gasteiger partial charge in [0.15, 0.2) is 0 Å². The van der Waals surface area contributed by atoms with Crippen LogP contribution in [0, 0.1) is 5.92 Å². The second-order valence-electron chi connectivity index (χ2n) is 3.07. The Morgan fingerprint density at radius 3 is 2.75 bits per heavy atom. The maximum atomic E-state index is 9.24. The Morgan fingerprint density at radius 2 is 2.42 bits per heavy atom. The second kappa shape index (κ2) is 4.53. The number of aliphatic hydroxyl groups excluding tert-OH is 2. The highest BCUT2D eigenvalue weighted by Crippen LogP contribution is 2.38. The fraction of sp³-hybridized carbons (Fsp3) is 0.714. The van der Waals surface area contributed by atoms with Crippen LogP contribution in [0.3, 0.4) is 0 Å². The molecule has 70 valence electrons. The molecular formula is C7H15NO2P2. The van der Waals surface area contributed by atoms with Crippen molar-refractivity contribution in [2.24, 2.45) is 5.92 Å². The summed E-state index contributed by atoms with van der Waals surface area (Å²) in [6.07, 6.45) is 0.827. The number of aliphatic hydroxyl groups is 2. The SMILES string of the molecule is C=C(O)C1CC(CO)CN1PP. The van der Waals surface area contributed by atoms with Crippen LogP contribution in [0.15, 0.2) is 12.3 Å². The standard InChI is InChI=1S/C7H15NO2P2/c1-5(10)7-2-6(4-9)3-8(7)12-11/h6-7,9-10,12H,1-4,11H2. The van der Waals surface area contributed by atoms with E-state index in [0.29, 0.717) is 14.3 Å². The molecule has 0 aromatic heterocycles. The highest BCUT2D eigenvalue weighted by molar-refractivity contribution is 8.01. The number of hydrogen-bond donors (Lipinski definition) is 2. The molecule has 1 aliphatic heterocycles. The van der Waals surface area contributed by atoms with Crippen molar-refractivity contribution in [3.63, 3.8) is 0 Å². The Morgan fingerprint density at radius 1 is 1.75 bits per heavy atom. The largest absolute Gasteiger partial charge is 0.511 e. The van der Waals surface area contributed by atoms with E-state index in [4.69, 9.17) is 5.11 Å². The smallest absolute Gasteiger partial charge is 0.103 e. The van der Waals surface area contributed by atoms with Crippen molar-refractivity contribution < 1.29 is 10.2 Å². The Hall–Kier alpha value is 0.320. The van der Waals surface area contributed by atoms with Crippen LogP contribution in [0.2, 0.25) is 0 Å². The first-order chi connectivity index (χ1) is 5.69. The summed E-state index contributed by atoms with van der Waals surface area (Å²) in [5.74, 6) is 0.521. The number of rotatable bonds is 3. The van der Waals surface area contributed by atoms with Gasteiger partial charge < -0.3 is 10.2 Å². The van der Waals surface area contributed by atoms with Crippen molar-refractivity contribution in [1.82, 2.24) is 4.67 Å². The third-order valence-corrected chi connectivity index (χ3v) is 4.02. The first-order valence-corrected chi connectivity index (χ1v) is 6.66. The predicted molar refractivity (Wildman–Crippen MR) is 55.5 cm³/mol. The monoisotopic (exact) mass is 207 g/mol. The van der Waals surface area contributed by atoms with Crippen molar-refractivity contribution in [3.05, 3.63) is 12.3 Å². The topological polar surface area (TPSA) is 43.7 Å². The highest BCUT2D eigenvalue weighted by Gasteiger charge is 2.32. The summed E-state index contributed by atoms with van der Waals surface area (Å²) in [5.41, 5.74) is 0. The maximum Gasteiger partial charge on any atom is 0.103 e. The van der Waals surface area contributed by atoms with Crippen LogP contribution in [0.4, 0.5) is 0 Å². The predicted octanol–water partition coefficient (Wildman–Crippen LogP) is 1.12. The summed E-state index contributed by atoms with van der Waals surface area (Å²) >= 11 is 0. The van der Waals surface area contributed by atoms with Gasteiger partial charge in [-0.05, 0) is 20.8 Å². The van der Waals surface area contributed by atoms with Gasteiger partial charge in [0.1, 0.15) is 5.76 Å². The molecule has 0 radical (unpaired) electrons. The lowest BCUT2D eigenvalue weighted by molar-refractivity contribution is 0.233. The van der Waals surface area contributed by atoms with Crippen molar-refractivity contribution in [2.45, 2.75) is 12.5 Å². The summed E-state index contributed by atoms with van der Waals surface area (Å²) in [4.78, 5) is 0. The van der Waals surface area contributed by atoms with Crippen LogP contribution in [0.5, 0.6) is 0 Å². The number of nitrogens with zero attached hydrogens (tertiary/aromatic N) is 1. The first-order valence-electron chi connectivity index (χ1n) is 3.90. The Bertz CT molecular complexity index is 177. The lowest BCUT2D eigenvalue weighted by Gasteiger charge is -2.20. The number of hydrogen-bond acceptors (Lipinski definition) is 3. The van der Waals surface area contributed by atoms with E-state index in [1.54, 1.807) is 0 Å². The molecule has 0 bridgehead atoms. The Kier molecular flexibility index (Phi) is 3.92. The first kappa shape index (κ1) is 10.4. The van der Waals surface area contributed by atoms with Crippen LogP contribution in [-0.4, -0.2) is 34.1 Å². The molecule has 4 atom stereocenters.